The number of methoxy groups -OCH3 is 1. The molecule has 4 heteroatoms. The minimum absolute atomic E-state index is 0.203. The molecule has 14 heavy (non-hydrogen) atoms. The lowest BCUT2D eigenvalue weighted by molar-refractivity contribution is -0.133. The van der Waals surface area contributed by atoms with Crippen LogP contribution in [0.1, 0.15) is 12.8 Å². The quantitative estimate of drug-likeness (QED) is 0.357. The first-order valence-corrected chi connectivity index (χ1v) is 4.76. The van der Waals surface area contributed by atoms with E-state index >= 15 is 0 Å². The standard InChI is InChI=1S/C10H18O4/c1-3-9(11)10(4-5-10)14-8-13-7-6-12-2/h3,9,11H,1,4-8H2,2H3. The van der Waals surface area contributed by atoms with Gasteiger partial charge in [-0.2, -0.15) is 0 Å². The lowest BCUT2D eigenvalue weighted by Gasteiger charge is -2.19. The van der Waals surface area contributed by atoms with Gasteiger partial charge in [0.2, 0.25) is 0 Å². The fourth-order valence-electron chi connectivity index (χ4n) is 1.22. The van der Waals surface area contributed by atoms with Crippen molar-refractivity contribution >= 4 is 0 Å². The molecule has 0 amide bonds. The number of rotatable bonds is 8. The molecule has 0 aliphatic heterocycles. The van der Waals surface area contributed by atoms with E-state index in [0.29, 0.717) is 13.2 Å². The van der Waals surface area contributed by atoms with Gasteiger partial charge in [0.15, 0.2) is 0 Å². The Morgan fingerprint density at radius 1 is 1.50 bits per heavy atom. The summed E-state index contributed by atoms with van der Waals surface area (Å²) in [5, 5.41) is 9.53. The van der Waals surface area contributed by atoms with Crippen LogP contribution in [-0.2, 0) is 14.2 Å². The Hall–Kier alpha value is -0.420. The first-order valence-electron chi connectivity index (χ1n) is 4.76. The van der Waals surface area contributed by atoms with E-state index in [1.54, 1.807) is 7.11 Å². The van der Waals surface area contributed by atoms with Crippen molar-refractivity contribution in [2.24, 2.45) is 0 Å². The van der Waals surface area contributed by atoms with Gasteiger partial charge in [0.25, 0.3) is 0 Å². The van der Waals surface area contributed by atoms with Crippen LogP contribution in [0.5, 0.6) is 0 Å². The van der Waals surface area contributed by atoms with E-state index in [-0.39, 0.29) is 6.79 Å². The van der Waals surface area contributed by atoms with Crippen molar-refractivity contribution in [3.8, 4) is 0 Å². The molecule has 0 aromatic heterocycles. The Morgan fingerprint density at radius 2 is 2.21 bits per heavy atom. The molecule has 0 spiro atoms. The highest BCUT2D eigenvalue weighted by Gasteiger charge is 2.49. The van der Waals surface area contributed by atoms with Gasteiger partial charge >= 0.3 is 0 Å². The van der Waals surface area contributed by atoms with Crippen LogP contribution in [0.2, 0.25) is 0 Å². The Balaban J connectivity index is 2.08. The molecule has 0 aromatic carbocycles. The summed E-state index contributed by atoms with van der Waals surface area (Å²) in [6.07, 6.45) is 2.65. The van der Waals surface area contributed by atoms with E-state index in [0.717, 1.165) is 12.8 Å². The molecular weight excluding hydrogens is 184 g/mol. The van der Waals surface area contributed by atoms with Gasteiger partial charge in [-0.15, -0.1) is 6.58 Å². The normalized spacial score (nSPS) is 20.4. The molecule has 1 unspecified atom stereocenters. The van der Waals surface area contributed by atoms with Gasteiger partial charge in [-0.3, -0.25) is 0 Å². The van der Waals surface area contributed by atoms with Crippen LogP contribution in [0.15, 0.2) is 12.7 Å². The number of hydrogen-bond acceptors (Lipinski definition) is 4. The number of ether oxygens (including phenoxy) is 3. The summed E-state index contributed by atoms with van der Waals surface area (Å²) in [5.41, 5.74) is -0.422. The molecular formula is C10H18O4. The zero-order chi connectivity index (χ0) is 10.4. The third-order valence-corrected chi connectivity index (χ3v) is 2.37. The van der Waals surface area contributed by atoms with Crippen LogP contribution in [0.25, 0.3) is 0 Å². The summed E-state index contributed by atoms with van der Waals surface area (Å²) in [6, 6.07) is 0. The fraction of sp³-hybridized carbons (Fsp3) is 0.800. The predicted molar refractivity (Wildman–Crippen MR) is 51.9 cm³/mol. The van der Waals surface area contributed by atoms with E-state index < -0.39 is 11.7 Å². The molecule has 82 valence electrons. The van der Waals surface area contributed by atoms with E-state index in [4.69, 9.17) is 14.2 Å². The summed E-state index contributed by atoms with van der Waals surface area (Å²) in [5.74, 6) is 0. The van der Waals surface area contributed by atoms with Crippen molar-refractivity contribution in [3.63, 3.8) is 0 Å². The molecule has 4 nitrogen and oxygen atoms in total. The minimum atomic E-state index is -0.589. The van der Waals surface area contributed by atoms with Crippen LogP contribution in [0, 0.1) is 0 Å². The van der Waals surface area contributed by atoms with Crippen LogP contribution in [0.3, 0.4) is 0 Å². The molecule has 0 aromatic rings. The molecule has 1 atom stereocenters. The van der Waals surface area contributed by atoms with Gasteiger partial charge in [-0.1, -0.05) is 6.08 Å². The van der Waals surface area contributed by atoms with Crippen molar-refractivity contribution in [2.75, 3.05) is 27.1 Å². The van der Waals surface area contributed by atoms with Gasteiger partial charge in [0.1, 0.15) is 18.5 Å². The maximum Gasteiger partial charge on any atom is 0.147 e. The zero-order valence-corrected chi connectivity index (χ0v) is 8.57. The average Bonchev–Trinajstić information content (AvgIpc) is 2.98. The first kappa shape index (κ1) is 11.7. The number of aliphatic hydroxyl groups excluding tert-OH is 1. The molecule has 1 aliphatic rings. The van der Waals surface area contributed by atoms with Gasteiger partial charge in [0, 0.05) is 7.11 Å². The molecule has 1 aliphatic carbocycles. The Kier molecular flexibility index (Phi) is 4.54. The summed E-state index contributed by atoms with van der Waals surface area (Å²) in [4.78, 5) is 0. The van der Waals surface area contributed by atoms with Gasteiger partial charge in [0.05, 0.1) is 13.2 Å². The van der Waals surface area contributed by atoms with E-state index in [1.807, 2.05) is 0 Å². The maximum absolute atomic E-state index is 9.53. The van der Waals surface area contributed by atoms with Crippen LogP contribution in [0.4, 0.5) is 0 Å². The van der Waals surface area contributed by atoms with E-state index in [2.05, 4.69) is 6.58 Å². The van der Waals surface area contributed by atoms with Crippen molar-refractivity contribution in [2.45, 2.75) is 24.5 Å². The first-order chi connectivity index (χ1) is 6.75. The summed E-state index contributed by atoms with van der Waals surface area (Å²) in [7, 11) is 1.62. The second-order valence-corrected chi connectivity index (χ2v) is 3.41. The molecule has 1 saturated carbocycles. The summed E-state index contributed by atoms with van der Waals surface area (Å²) >= 11 is 0. The Bertz CT molecular complexity index is 177. The largest absolute Gasteiger partial charge is 0.386 e. The third-order valence-electron chi connectivity index (χ3n) is 2.37. The summed E-state index contributed by atoms with van der Waals surface area (Å²) < 4.78 is 15.4. The van der Waals surface area contributed by atoms with Gasteiger partial charge in [-0.25, -0.2) is 0 Å². The summed E-state index contributed by atoms with van der Waals surface area (Å²) in [6.45, 7) is 4.80. The van der Waals surface area contributed by atoms with E-state index in [1.165, 1.54) is 6.08 Å². The van der Waals surface area contributed by atoms with Crippen LogP contribution in [-0.4, -0.2) is 43.9 Å². The number of hydrogen-bond donors (Lipinski definition) is 1. The Labute approximate surface area is 84.5 Å². The monoisotopic (exact) mass is 202 g/mol. The highest BCUT2D eigenvalue weighted by molar-refractivity contribution is 5.07. The van der Waals surface area contributed by atoms with Crippen LogP contribution >= 0.6 is 0 Å². The predicted octanol–water partition coefficient (Wildman–Crippen LogP) is 0.703. The Morgan fingerprint density at radius 3 is 2.71 bits per heavy atom. The number of aliphatic hydroxyl groups is 1. The molecule has 1 rings (SSSR count). The van der Waals surface area contributed by atoms with Gasteiger partial charge in [-0.05, 0) is 12.8 Å². The topological polar surface area (TPSA) is 47.9 Å². The lowest BCUT2D eigenvalue weighted by Crippen LogP contribution is -2.30. The van der Waals surface area contributed by atoms with Crippen molar-refractivity contribution in [3.05, 3.63) is 12.7 Å². The highest BCUT2D eigenvalue weighted by Crippen LogP contribution is 2.43. The second-order valence-electron chi connectivity index (χ2n) is 3.41. The SMILES string of the molecule is C=CC(O)C1(OCOCCOC)CC1. The van der Waals surface area contributed by atoms with Crippen molar-refractivity contribution in [1.82, 2.24) is 0 Å². The zero-order valence-electron chi connectivity index (χ0n) is 8.57. The average molecular weight is 202 g/mol. The highest BCUT2D eigenvalue weighted by atomic mass is 16.7. The van der Waals surface area contributed by atoms with Crippen molar-refractivity contribution in [1.29, 1.82) is 0 Å². The lowest BCUT2D eigenvalue weighted by atomic mass is 10.2. The smallest absolute Gasteiger partial charge is 0.147 e. The second kappa shape index (κ2) is 5.46. The van der Waals surface area contributed by atoms with E-state index in [9.17, 15) is 5.11 Å². The minimum Gasteiger partial charge on any atom is -0.386 e. The molecule has 0 heterocycles. The van der Waals surface area contributed by atoms with Crippen molar-refractivity contribution < 1.29 is 19.3 Å². The third kappa shape index (κ3) is 3.06. The fourth-order valence-corrected chi connectivity index (χ4v) is 1.22. The van der Waals surface area contributed by atoms with Crippen LogP contribution < -0.4 is 0 Å². The molecule has 0 bridgehead atoms. The van der Waals surface area contributed by atoms with Gasteiger partial charge < -0.3 is 19.3 Å². The molecule has 0 radical (unpaired) electrons. The molecule has 1 fully saturated rings. The maximum atomic E-state index is 9.53. The molecule has 1 N–H and O–H groups in total. The molecule has 0 saturated heterocycles.